The minimum atomic E-state index is -0.200. The highest BCUT2D eigenvalue weighted by Crippen LogP contribution is 2.21. The maximum absolute atomic E-state index is 12.3. The molecule has 7 heteroatoms. The fourth-order valence-corrected chi connectivity index (χ4v) is 3.61. The maximum Gasteiger partial charge on any atom is 0.273 e. The number of carbonyl (C=O) groups excluding carboxylic acids is 1. The van der Waals surface area contributed by atoms with Gasteiger partial charge in [0.05, 0.1) is 12.7 Å². The summed E-state index contributed by atoms with van der Waals surface area (Å²) in [4.78, 5) is 19.0. The Labute approximate surface area is 164 Å². The summed E-state index contributed by atoms with van der Waals surface area (Å²) in [6, 6.07) is 14.3. The van der Waals surface area contributed by atoms with Crippen LogP contribution in [0.15, 0.2) is 61.1 Å². The van der Waals surface area contributed by atoms with E-state index in [9.17, 15) is 4.79 Å². The van der Waals surface area contributed by atoms with E-state index in [1.165, 1.54) is 12.0 Å². The van der Waals surface area contributed by atoms with Gasteiger partial charge in [0.2, 0.25) is 0 Å². The topological polar surface area (TPSA) is 75.9 Å². The number of rotatable bonds is 7. The standard InChI is InChI=1S/C21H24N6O/c28-21(23-13-17-6-2-1-3-7-17)20-16-27(25-24-20)15-19-9-5-11-26(19)14-18-8-4-10-22-12-18/h1-4,6-8,10,12,16,19H,5,9,11,13-15H2,(H,23,28)/t19-/m0/s1. The molecule has 2 aromatic heterocycles. The Hall–Kier alpha value is -3.06. The average Bonchev–Trinajstić information content (AvgIpc) is 3.38. The van der Waals surface area contributed by atoms with Crippen LogP contribution in [-0.4, -0.2) is 43.4 Å². The molecule has 1 amide bonds. The van der Waals surface area contributed by atoms with Gasteiger partial charge in [-0.3, -0.25) is 19.4 Å². The van der Waals surface area contributed by atoms with Crippen molar-refractivity contribution in [2.75, 3.05) is 6.54 Å². The predicted molar refractivity (Wildman–Crippen MR) is 105 cm³/mol. The molecular weight excluding hydrogens is 352 g/mol. The van der Waals surface area contributed by atoms with E-state index in [1.807, 2.05) is 42.6 Å². The highest BCUT2D eigenvalue weighted by Gasteiger charge is 2.25. The maximum atomic E-state index is 12.3. The van der Waals surface area contributed by atoms with Crippen molar-refractivity contribution in [3.63, 3.8) is 0 Å². The average molecular weight is 376 g/mol. The Morgan fingerprint density at radius 2 is 2.00 bits per heavy atom. The molecule has 1 N–H and O–H groups in total. The number of carbonyl (C=O) groups is 1. The van der Waals surface area contributed by atoms with Gasteiger partial charge in [0.25, 0.3) is 5.91 Å². The molecule has 0 bridgehead atoms. The van der Waals surface area contributed by atoms with Gasteiger partial charge in [-0.15, -0.1) is 5.10 Å². The lowest BCUT2D eigenvalue weighted by Gasteiger charge is -2.24. The minimum Gasteiger partial charge on any atom is -0.347 e. The van der Waals surface area contributed by atoms with Crippen LogP contribution < -0.4 is 5.32 Å². The lowest BCUT2D eigenvalue weighted by Crippen LogP contribution is -2.32. The Bertz CT molecular complexity index is 896. The molecule has 1 aliphatic heterocycles. The van der Waals surface area contributed by atoms with Gasteiger partial charge in [-0.05, 0) is 36.6 Å². The van der Waals surface area contributed by atoms with Crippen molar-refractivity contribution in [2.45, 2.75) is 38.5 Å². The highest BCUT2D eigenvalue weighted by atomic mass is 16.2. The molecule has 3 heterocycles. The molecule has 4 rings (SSSR count). The molecule has 28 heavy (non-hydrogen) atoms. The summed E-state index contributed by atoms with van der Waals surface area (Å²) in [6.07, 6.45) is 7.74. The predicted octanol–water partition coefficient (Wildman–Crippen LogP) is 2.27. The normalized spacial score (nSPS) is 16.9. The number of likely N-dealkylation sites (tertiary alicyclic amines) is 1. The number of benzene rings is 1. The molecule has 144 valence electrons. The van der Waals surface area contributed by atoms with Crippen LogP contribution in [0.5, 0.6) is 0 Å². The quantitative estimate of drug-likeness (QED) is 0.685. The zero-order valence-electron chi connectivity index (χ0n) is 15.7. The first-order valence-corrected chi connectivity index (χ1v) is 9.63. The van der Waals surface area contributed by atoms with Gasteiger partial charge in [-0.1, -0.05) is 41.6 Å². The fourth-order valence-electron chi connectivity index (χ4n) is 3.61. The number of nitrogens with one attached hydrogen (secondary N) is 1. The van der Waals surface area contributed by atoms with Crippen LogP contribution in [0.3, 0.4) is 0 Å². The van der Waals surface area contributed by atoms with Gasteiger partial charge in [0.1, 0.15) is 0 Å². The van der Waals surface area contributed by atoms with E-state index in [-0.39, 0.29) is 5.91 Å². The summed E-state index contributed by atoms with van der Waals surface area (Å²) >= 11 is 0. The molecule has 0 unspecified atom stereocenters. The van der Waals surface area contributed by atoms with E-state index >= 15 is 0 Å². The first-order chi connectivity index (χ1) is 13.8. The van der Waals surface area contributed by atoms with Crippen molar-refractivity contribution in [1.29, 1.82) is 0 Å². The van der Waals surface area contributed by atoms with Crippen LogP contribution in [0.25, 0.3) is 0 Å². The lowest BCUT2D eigenvalue weighted by atomic mass is 10.2. The second-order valence-electron chi connectivity index (χ2n) is 7.12. The largest absolute Gasteiger partial charge is 0.347 e. The van der Waals surface area contributed by atoms with E-state index in [1.54, 1.807) is 17.1 Å². The van der Waals surface area contributed by atoms with Crippen LogP contribution in [0.2, 0.25) is 0 Å². The van der Waals surface area contributed by atoms with E-state index < -0.39 is 0 Å². The number of nitrogens with zero attached hydrogens (tertiary/aromatic N) is 5. The van der Waals surface area contributed by atoms with E-state index in [0.717, 1.165) is 31.6 Å². The van der Waals surface area contributed by atoms with Crippen molar-refractivity contribution in [2.24, 2.45) is 0 Å². The number of hydrogen-bond acceptors (Lipinski definition) is 5. The van der Waals surface area contributed by atoms with E-state index in [2.05, 4.69) is 31.6 Å². The van der Waals surface area contributed by atoms with Crippen molar-refractivity contribution in [3.8, 4) is 0 Å². The van der Waals surface area contributed by atoms with Crippen LogP contribution in [0, 0.1) is 0 Å². The molecule has 0 aliphatic carbocycles. The zero-order valence-corrected chi connectivity index (χ0v) is 15.7. The second-order valence-corrected chi connectivity index (χ2v) is 7.12. The molecule has 1 atom stereocenters. The number of pyridine rings is 1. The van der Waals surface area contributed by atoms with Crippen LogP contribution in [-0.2, 0) is 19.6 Å². The summed E-state index contributed by atoms with van der Waals surface area (Å²) in [5.74, 6) is -0.200. The first-order valence-electron chi connectivity index (χ1n) is 9.63. The van der Waals surface area contributed by atoms with Crippen molar-refractivity contribution in [1.82, 2.24) is 30.2 Å². The Morgan fingerprint density at radius 3 is 2.82 bits per heavy atom. The Balaban J connectivity index is 1.33. The molecule has 1 aliphatic rings. The number of aromatic nitrogens is 4. The van der Waals surface area contributed by atoms with Gasteiger partial charge in [-0.2, -0.15) is 0 Å². The molecule has 0 saturated carbocycles. The van der Waals surface area contributed by atoms with Crippen LogP contribution >= 0.6 is 0 Å². The first kappa shape index (κ1) is 18.3. The van der Waals surface area contributed by atoms with Gasteiger partial charge in [-0.25, -0.2) is 0 Å². The summed E-state index contributed by atoms with van der Waals surface area (Å²) in [5.41, 5.74) is 2.63. The molecule has 7 nitrogen and oxygen atoms in total. The Morgan fingerprint density at radius 1 is 1.14 bits per heavy atom. The summed E-state index contributed by atoms with van der Waals surface area (Å²) in [5, 5.41) is 11.1. The molecule has 1 fully saturated rings. The van der Waals surface area contributed by atoms with Crippen LogP contribution in [0.1, 0.15) is 34.5 Å². The molecule has 3 aromatic rings. The monoisotopic (exact) mass is 376 g/mol. The minimum absolute atomic E-state index is 0.200. The Kier molecular flexibility index (Phi) is 5.72. The number of amides is 1. The highest BCUT2D eigenvalue weighted by molar-refractivity contribution is 5.91. The second kappa shape index (κ2) is 8.75. The lowest BCUT2D eigenvalue weighted by molar-refractivity contribution is 0.0946. The van der Waals surface area contributed by atoms with Gasteiger partial charge < -0.3 is 5.32 Å². The van der Waals surface area contributed by atoms with E-state index in [4.69, 9.17) is 0 Å². The summed E-state index contributed by atoms with van der Waals surface area (Å²) in [6.45, 7) is 3.17. The molecule has 1 saturated heterocycles. The fraction of sp³-hybridized carbons (Fsp3) is 0.333. The van der Waals surface area contributed by atoms with Gasteiger partial charge >= 0.3 is 0 Å². The van der Waals surface area contributed by atoms with E-state index in [0.29, 0.717) is 18.3 Å². The third-order valence-electron chi connectivity index (χ3n) is 5.07. The molecule has 1 aromatic carbocycles. The van der Waals surface area contributed by atoms with Crippen molar-refractivity contribution < 1.29 is 4.79 Å². The van der Waals surface area contributed by atoms with Gasteiger partial charge in [0.15, 0.2) is 5.69 Å². The molecule has 0 spiro atoms. The summed E-state index contributed by atoms with van der Waals surface area (Å²) in [7, 11) is 0. The van der Waals surface area contributed by atoms with Crippen molar-refractivity contribution in [3.05, 3.63) is 77.9 Å². The third-order valence-corrected chi connectivity index (χ3v) is 5.07. The summed E-state index contributed by atoms with van der Waals surface area (Å²) < 4.78 is 1.78. The molecule has 0 radical (unpaired) electrons. The third kappa shape index (κ3) is 4.61. The smallest absolute Gasteiger partial charge is 0.273 e. The van der Waals surface area contributed by atoms with Crippen LogP contribution in [0.4, 0.5) is 0 Å². The van der Waals surface area contributed by atoms with Gasteiger partial charge in [0, 0.05) is 31.5 Å². The number of hydrogen-bond donors (Lipinski definition) is 1. The van der Waals surface area contributed by atoms with Crippen molar-refractivity contribution >= 4 is 5.91 Å². The zero-order chi connectivity index (χ0) is 19.2. The SMILES string of the molecule is O=C(NCc1ccccc1)c1cn(C[C@@H]2CCCN2Cc2cccnc2)nn1. The molecular formula is C21H24N6O.